The molecule has 2 amide bonds. The molecule has 24 heavy (non-hydrogen) atoms. The SMILES string of the molecule is CCOc1c([C@H](C)NNC(=O)O)cc(Cl)c(F)c1[C@@H]1CNC(=O)O1. The number of halogens is 2. The first kappa shape index (κ1) is 18.1. The van der Waals surface area contributed by atoms with Crippen molar-refractivity contribution in [2.24, 2.45) is 0 Å². The van der Waals surface area contributed by atoms with Crippen LogP contribution >= 0.6 is 11.6 Å². The number of hydrazine groups is 1. The van der Waals surface area contributed by atoms with Crippen LogP contribution in [0.5, 0.6) is 5.75 Å². The summed E-state index contributed by atoms with van der Waals surface area (Å²) in [5.74, 6) is -0.586. The van der Waals surface area contributed by atoms with Gasteiger partial charge in [0.1, 0.15) is 5.75 Å². The summed E-state index contributed by atoms with van der Waals surface area (Å²) in [5, 5.41) is 10.9. The summed E-state index contributed by atoms with van der Waals surface area (Å²) >= 11 is 5.96. The molecule has 132 valence electrons. The second-order valence-corrected chi connectivity index (χ2v) is 5.42. The van der Waals surface area contributed by atoms with Crippen LogP contribution in [-0.2, 0) is 4.74 Å². The monoisotopic (exact) mass is 361 g/mol. The molecule has 0 unspecified atom stereocenters. The topological polar surface area (TPSA) is 109 Å². The molecule has 0 bridgehead atoms. The quantitative estimate of drug-likeness (QED) is 0.580. The maximum Gasteiger partial charge on any atom is 0.419 e. The standard InChI is InChI=1S/C14H17ClFN3O5/c1-3-23-12-7(6(2)18-19-13(20)21)4-8(15)11(16)10(12)9-5-17-14(22)24-9/h4,6,9,18-19H,3,5H2,1-2H3,(H,17,22)(H,20,21)/t6-,9-/m0/s1. The zero-order valence-corrected chi connectivity index (χ0v) is 13.7. The van der Waals surface area contributed by atoms with Crippen LogP contribution in [0.2, 0.25) is 5.02 Å². The van der Waals surface area contributed by atoms with Gasteiger partial charge < -0.3 is 19.9 Å². The minimum absolute atomic E-state index is 0.0154. The molecule has 1 heterocycles. The summed E-state index contributed by atoms with van der Waals surface area (Å²) in [6, 6.07) is 0.765. The summed E-state index contributed by atoms with van der Waals surface area (Å²) < 4.78 is 25.2. The number of amides is 2. The molecule has 0 saturated carbocycles. The molecule has 0 spiro atoms. The fraction of sp³-hybridized carbons (Fsp3) is 0.429. The van der Waals surface area contributed by atoms with Gasteiger partial charge in [-0.3, -0.25) is 5.43 Å². The Bertz CT molecular complexity index is 658. The number of carbonyl (C=O) groups excluding carboxylic acids is 1. The van der Waals surface area contributed by atoms with Gasteiger partial charge in [0.15, 0.2) is 11.9 Å². The van der Waals surface area contributed by atoms with Gasteiger partial charge in [0, 0.05) is 5.56 Å². The summed E-state index contributed by atoms with van der Waals surface area (Å²) in [5.41, 5.74) is 5.00. The van der Waals surface area contributed by atoms with Gasteiger partial charge in [0.05, 0.1) is 29.8 Å². The molecule has 4 N–H and O–H groups in total. The van der Waals surface area contributed by atoms with E-state index in [0.29, 0.717) is 5.56 Å². The van der Waals surface area contributed by atoms with E-state index >= 15 is 0 Å². The molecule has 8 nitrogen and oxygen atoms in total. The second-order valence-electron chi connectivity index (χ2n) is 5.01. The highest BCUT2D eigenvalue weighted by atomic mass is 35.5. The van der Waals surface area contributed by atoms with Crippen molar-refractivity contribution in [1.29, 1.82) is 0 Å². The molecule has 1 aromatic carbocycles. The van der Waals surface area contributed by atoms with Crippen molar-refractivity contribution in [3.05, 3.63) is 28.0 Å². The number of rotatable bonds is 6. The van der Waals surface area contributed by atoms with Crippen molar-refractivity contribution in [2.45, 2.75) is 26.0 Å². The lowest BCUT2D eigenvalue weighted by molar-refractivity contribution is 0.136. The van der Waals surface area contributed by atoms with E-state index in [4.69, 9.17) is 26.2 Å². The molecule has 0 aromatic heterocycles. The number of carboxylic acid groups (broad SMARTS) is 1. The number of benzene rings is 1. The number of alkyl carbamates (subject to hydrolysis) is 1. The lowest BCUT2D eigenvalue weighted by atomic mass is 9.99. The van der Waals surface area contributed by atoms with Crippen molar-refractivity contribution >= 4 is 23.8 Å². The zero-order valence-electron chi connectivity index (χ0n) is 13.0. The van der Waals surface area contributed by atoms with Gasteiger partial charge in [-0.2, -0.15) is 0 Å². The highest BCUT2D eigenvalue weighted by Gasteiger charge is 2.33. The Kier molecular flexibility index (Phi) is 5.68. The third kappa shape index (κ3) is 3.80. The minimum Gasteiger partial charge on any atom is -0.493 e. The molecule has 10 heteroatoms. The molecule has 1 aliphatic heterocycles. The van der Waals surface area contributed by atoms with Crippen LogP contribution in [0.15, 0.2) is 6.07 Å². The molecular formula is C14H17ClFN3O5. The first-order valence-corrected chi connectivity index (χ1v) is 7.56. The number of ether oxygens (including phenoxy) is 2. The van der Waals surface area contributed by atoms with Crippen LogP contribution in [0.4, 0.5) is 14.0 Å². The second kappa shape index (κ2) is 7.54. The van der Waals surface area contributed by atoms with E-state index in [-0.39, 0.29) is 29.5 Å². The van der Waals surface area contributed by atoms with E-state index in [0.717, 1.165) is 0 Å². The van der Waals surface area contributed by atoms with Crippen LogP contribution in [0.3, 0.4) is 0 Å². The minimum atomic E-state index is -1.28. The predicted molar refractivity (Wildman–Crippen MR) is 82.5 cm³/mol. The Labute approximate surface area is 142 Å². The van der Waals surface area contributed by atoms with Crippen molar-refractivity contribution in [3.63, 3.8) is 0 Å². The summed E-state index contributed by atoms with van der Waals surface area (Å²) in [4.78, 5) is 21.9. The maximum absolute atomic E-state index is 14.6. The Hall–Kier alpha value is -2.26. The third-order valence-electron chi connectivity index (χ3n) is 3.39. The fourth-order valence-corrected chi connectivity index (χ4v) is 2.58. The number of hydrogen-bond donors (Lipinski definition) is 4. The van der Waals surface area contributed by atoms with E-state index < -0.39 is 30.1 Å². The van der Waals surface area contributed by atoms with E-state index in [1.54, 1.807) is 13.8 Å². The first-order valence-electron chi connectivity index (χ1n) is 7.18. The molecule has 0 aliphatic carbocycles. The van der Waals surface area contributed by atoms with Gasteiger partial charge in [-0.25, -0.2) is 19.4 Å². The van der Waals surface area contributed by atoms with E-state index in [2.05, 4.69) is 10.7 Å². The average molecular weight is 362 g/mol. The van der Waals surface area contributed by atoms with Gasteiger partial charge in [-0.05, 0) is 19.9 Å². The van der Waals surface area contributed by atoms with Crippen molar-refractivity contribution in [1.82, 2.24) is 16.2 Å². The molecule has 1 aliphatic rings. The summed E-state index contributed by atoms with van der Waals surface area (Å²) in [7, 11) is 0. The number of carbonyl (C=O) groups is 2. The number of nitrogens with one attached hydrogen (secondary N) is 3. The Morgan fingerprint density at radius 3 is 2.92 bits per heavy atom. The maximum atomic E-state index is 14.6. The molecule has 0 radical (unpaired) electrons. The number of cyclic esters (lactones) is 1. The Balaban J connectivity index is 2.48. The van der Waals surface area contributed by atoms with Crippen LogP contribution in [0.1, 0.15) is 37.1 Å². The zero-order chi connectivity index (χ0) is 17.9. The largest absolute Gasteiger partial charge is 0.493 e. The van der Waals surface area contributed by atoms with E-state index in [1.165, 1.54) is 6.07 Å². The van der Waals surface area contributed by atoms with Crippen molar-refractivity contribution in [2.75, 3.05) is 13.2 Å². The average Bonchev–Trinajstić information content (AvgIpc) is 2.94. The van der Waals surface area contributed by atoms with Crippen LogP contribution in [0, 0.1) is 5.82 Å². The number of hydrogen-bond acceptors (Lipinski definition) is 5. The summed E-state index contributed by atoms with van der Waals surface area (Å²) in [6.07, 6.45) is -2.83. The Morgan fingerprint density at radius 1 is 1.67 bits per heavy atom. The molecular weight excluding hydrogens is 345 g/mol. The molecule has 1 saturated heterocycles. The van der Waals surface area contributed by atoms with Crippen molar-refractivity contribution in [3.8, 4) is 5.75 Å². The smallest absolute Gasteiger partial charge is 0.419 e. The van der Waals surface area contributed by atoms with Gasteiger partial charge >= 0.3 is 12.2 Å². The molecule has 2 rings (SSSR count). The van der Waals surface area contributed by atoms with Gasteiger partial charge in [0.25, 0.3) is 0 Å². The highest BCUT2D eigenvalue weighted by Crippen LogP contribution is 2.40. The Morgan fingerprint density at radius 2 is 2.38 bits per heavy atom. The van der Waals surface area contributed by atoms with E-state index in [1.807, 2.05) is 5.43 Å². The lowest BCUT2D eigenvalue weighted by Gasteiger charge is -2.23. The predicted octanol–water partition coefficient (Wildman–Crippen LogP) is 2.49. The molecule has 1 fully saturated rings. The van der Waals surface area contributed by atoms with Crippen LogP contribution in [0.25, 0.3) is 0 Å². The first-order chi connectivity index (χ1) is 11.3. The van der Waals surface area contributed by atoms with Crippen molar-refractivity contribution < 1.29 is 28.6 Å². The van der Waals surface area contributed by atoms with Crippen LogP contribution < -0.4 is 20.9 Å². The fourth-order valence-electron chi connectivity index (χ4n) is 2.36. The third-order valence-corrected chi connectivity index (χ3v) is 3.66. The molecule has 1 aromatic rings. The van der Waals surface area contributed by atoms with Gasteiger partial charge in [-0.15, -0.1) is 0 Å². The van der Waals surface area contributed by atoms with Crippen LogP contribution in [-0.4, -0.2) is 30.4 Å². The molecule has 2 atom stereocenters. The van der Waals surface area contributed by atoms with Gasteiger partial charge in [0.2, 0.25) is 0 Å². The van der Waals surface area contributed by atoms with Gasteiger partial charge in [-0.1, -0.05) is 11.6 Å². The highest BCUT2D eigenvalue weighted by molar-refractivity contribution is 6.31. The summed E-state index contributed by atoms with van der Waals surface area (Å²) in [6.45, 7) is 3.66. The lowest BCUT2D eigenvalue weighted by Crippen LogP contribution is -2.38. The normalized spacial score (nSPS) is 17.8. The van der Waals surface area contributed by atoms with E-state index in [9.17, 15) is 14.0 Å².